The zero-order valence-electron chi connectivity index (χ0n) is 14.3. The molecule has 1 heterocycles. The first kappa shape index (κ1) is 18.9. The molecule has 0 unspecified atom stereocenters. The fourth-order valence-corrected chi connectivity index (χ4v) is 3.19. The minimum absolute atomic E-state index is 0.0383. The number of rotatable bonds is 7. The van der Waals surface area contributed by atoms with Gasteiger partial charge in [-0.15, -0.1) is 0 Å². The van der Waals surface area contributed by atoms with Crippen LogP contribution in [0.3, 0.4) is 0 Å². The second kappa shape index (κ2) is 9.79. The molecule has 0 spiro atoms. The Labute approximate surface area is 152 Å². The minimum atomic E-state index is -0.0733. The van der Waals surface area contributed by atoms with E-state index in [9.17, 15) is 9.59 Å². The number of carbonyl (C=O) groups excluding carboxylic acids is 2. The molecule has 1 aromatic rings. The van der Waals surface area contributed by atoms with E-state index in [1.54, 1.807) is 11.0 Å². The normalized spacial score (nSPS) is 14.5. The average Bonchev–Trinajstić information content (AvgIpc) is 2.61. The summed E-state index contributed by atoms with van der Waals surface area (Å²) in [5, 5.41) is 3.24. The fraction of sp³-hybridized carbons (Fsp3) is 0.556. The van der Waals surface area contributed by atoms with Crippen molar-refractivity contribution in [3.63, 3.8) is 0 Å². The molecule has 1 aliphatic rings. The summed E-state index contributed by atoms with van der Waals surface area (Å²) in [4.78, 5) is 28.9. The van der Waals surface area contributed by atoms with E-state index in [1.807, 2.05) is 23.1 Å². The number of piperazine rings is 1. The molecule has 0 aliphatic carbocycles. The summed E-state index contributed by atoms with van der Waals surface area (Å²) >= 11 is 3.40. The molecule has 2 rings (SSSR count). The van der Waals surface area contributed by atoms with E-state index in [0.717, 1.165) is 36.8 Å². The monoisotopic (exact) mass is 395 g/mol. The number of benzene rings is 1. The van der Waals surface area contributed by atoms with Gasteiger partial charge in [-0.1, -0.05) is 41.8 Å². The molecule has 1 aromatic carbocycles. The number of unbranched alkanes of at least 4 members (excludes halogenated alkanes) is 2. The lowest BCUT2D eigenvalue weighted by molar-refractivity contribution is -0.132. The highest BCUT2D eigenvalue weighted by Crippen LogP contribution is 2.14. The van der Waals surface area contributed by atoms with Gasteiger partial charge in [-0.25, -0.2) is 0 Å². The summed E-state index contributed by atoms with van der Waals surface area (Å²) in [6.45, 7) is 5.99. The van der Waals surface area contributed by atoms with Crippen molar-refractivity contribution in [2.75, 3.05) is 39.3 Å². The van der Waals surface area contributed by atoms with Crippen LogP contribution in [0.2, 0.25) is 0 Å². The number of nitrogens with one attached hydrogen (secondary N) is 1. The number of hydrogen-bond acceptors (Lipinski definition) is 3. The molecule has 0 saturated carbocycles. The van der Waals surface area contributed by atoms with Gasteiger partial charge in [0.25, 0.3) is 5.91 Å². The average molecular weight is 396 g/mol. The molecule has 132 valence electrons. The second-order valence-electron chi connectivity index (χ2n) is 6.07. The third-order valence-electron chi connectivity index (χ3n) is 4.19. The molecule has 1 aliphatic heterocycles. The minimum Gasteiger partial charge on any atom is -0.339 e. The number of hydrogen-bond donors (Lipinski definition) is 1. The van der Waals surface area contributed by atoms with Gasteiger partial charge in [0.15, 0.2) is 0 Å². The van der Waals surface area contributed by atoms with E-state index in [4.69, 9.17) is 0 Å². The SMILES string of the molecule is CCCCCN(CC(=O)N1CCNCC1)C(=O)c1cccc(Br)c1. The van der Waals surface area contributed by atoms with Crippen LogP contribution in [0.1, 0.15) is 36.5 Å². The Hall–Kier alpha value is -1.40. The largest absolute Gasteiger partial charge is 0.339 e. The third-order valence-corrected chi connectivity index (χ3v) is 4.68. The topological polar surface area (TPSA) is 52.7 Å². The maximum Gasteiger partial charge on any atom is 0.254 e. The van der Waals surface area contributed by atoms with Crippen molar-refractivity contribution in [2.45, 2.75) is 26.2 Å². The molecule has 0 aromatic heterocycles. The number of amides is 2. The molecule has 1 fully saturated rings. The van der Waals surface area contributed by atoms with Crippen molar-refractivity contribution in [1.29, 1.82) is 0 Å². The molecule has 0 bridgehead atoms. The van der Waals surface area contributed by atoms with E-state index in [-0.39, 0.29) is 18.4 Å². The van der Waals surface area contributed by atoms with Crippen LogP contribution in [0.4, 0.5) is 0 Å². The lowest BCUT2D eigenvalue weighted by Gasteiger charge is -2.30. The molecule has 0 radical (unpaired) electrons. The quantitative estimate of drug-likeness (QED) is 0.721. The molecule has 1 N–H and O–H groups in total. The van der Waals surface area contributed by atoms with Crippen molar-refractivity contribution < 1.29 is 9.59 Å². The number of carbonyl (C=O) groups is 2. The molecule has 2 amide bonds. The van der Waals surface area contributed by atoms with E-state index in [0.29, 0.717) is 25.2 Å². The maximum atomic E-state index is 12.8. The molecular formula is C18H26BrN3O2. The molecule has 1 saturated heterocycles. The van der Waals surface area contributed by atoms with Crippen LogP contribution in [0, 0.1) is 0 Å². The van der Waals surface area contributed by atoms with Gasteiger partial charge in [0.05, 0.1) is 0 Å². The first-order valence-corrected chi connectivity index (χ1v) is 9.44. The van der Waals surface area contributed by atoms with Crippen LogP contribution < -0.4 is 5.32 Å². The summed E-state index contributed by atoms with van der Waals surface area (Å²) in [5.74, 6) is -0.0350. The fourth-order valence-electron chi connectivity index (χ4n) is 2.79. The zero-order chi connectivity index (χ0) is 17.4. The Morgan fingerprint density at radius 3 is 2.67 bits per heavy atom. The van der Waals surface area contributed by atoms with Crippen LogP contribution in [0.15, 0.2) is 28.7 Å². The first-order valence-electron chi connectivity index (χ1n) is 8.65. The first-order chi connectivity index (χ1) is 11.6. The molecule has 6 heteroatoms. The lowest BCUT2D eigenvalue weighted by atomic mass is 10.1. The summed E-state index contributed by atoms with van der Waals surface area (Å²) in [6.07, 6.45) is 3.07. The van der Waals surface area contributed by atoms with Crippen molar-refractivity contribution >= 4 is 27.7 Å². The smallest absolute Gasteiger partial charge is 0.254 e. The highest BCUT2D eigenvalue weighted by molar-refractivity contribution is 9.10. The van der Waals surface area contributed by atoms with E-state index in [1.165, 1.54) is 0 Å². The standard InChI is InChI=1S/C18H26BrN3O2/c1-2-3-4-10-22(14-17(23)21-11-8-20-9-12-21)18(24)15-6-5-7-16(19)13-15/h5-7,13,20H,2-4,8-12,14H2,1H3. The summed E-state index contributed by atoms with van der Waals surface area (Å²) in [6, 6.07) is 7.35. The van der Waals surface area contributed by atoms with Gasteiger partial charge in [0, 0.05) is 42.8 Å². The summed E-state index contributed by atoms with van der Waals surface area (Å²) < 4.78 is 0.871. The summed E-state index contributed by atoms with van der Waals surface area (Å²) in [7, 11) is 0. The van der Waals surface area contributed by atoms with Crippen LogP contribution in [-0.2, 0) is 4.79 Å². The van der Waals surface area contributed by atoms with E-state index >= 15 is 0 Å². The van der Waals surface area contributed by atoms with Gasteiger partial charge in [0.1, 0.15) is 6.54 Å². The third kappa shape index (κ3) is 5.60. The Bertz CT molecular complexity index is 559. The van der Waals surface area contributed by atoms with Crippen LogP contribution >= 0.6 is 15.9 Å². The second-order valence-corrected chi connectivity index (χ2v) is 6.99. The van der Waals surface area contributed by atoms with Gasteiger partial charge in [-0.2, -0.15) is 0 Å². The Balaban J connectivity index is 2.05. The van der Waals surface area contributed by atoms with Crippen LogP contribution in [-0.4, -0.2) is 60.9 Å². The zero-order valence-corrected chi connectivity index (χ0v) is 15.8. The highest BCUT2D eigenvalue weighted by atomic mass is 79.9. The van der Waals surface area contributed by atoms with Gasteiger partial charge in [-0.05, 0) is 24.6 Å². The molecule has 0 atom stereocenters. The van der Waals surface area contributed by atoms with Crippen LogP contribution in [0.25, 0.3) is 0 Å². The summed E-state index contributed by atoms with van der Waals surface area (Å²) in [5.41, 5.74) is 0.619. The van der Waals surface area contributed by atoms with Gasteiger partial charge >= 0.3 is 0 Å². The number of nitrogens with zero attached hydrogens (tertiary/aromatic N) is 2. The highest BCUT2D eigenvalue weighted by Gasteiger charge is 2.23. The lowest BCUT2D eigenvalue weighted by Crippen LogP contribution is -2.50. The number of halogens is 1. The predicted octanol–water partition coefficient (Wildman–Crippen LogP) is 2.51. The van der Waals surface area contributed by atoms with Gasteiger partial charge in [0.2, 0.25) is 5.91 Å². The maximum absolute atomic E-state index is 12.8. The van der Waals surface area contributed by atoms with Crippen LogP contribution in [0.5, 0.6) is 0 Å². The molecule has 5 nitrogen and oxygen atoms in total. The van der Waals surface area contributed by atoms with Crippen molar-refractivity contribution in [3.8, 4) is 0 Å². The predicted molar refractivity (Wildman–Crippen MR) is 99.0 cm³/mol. The molecular weight excluding hydrogens is 370 g/mol. The Morgan fingerprint density at radius 1 is 1.25 bits per heavy atom. The van der Waals surface area contributed by atoms with Gasteiger partial charge in [-0.3, -0.25) is 9.59 Å². The Morgan fingerprint density at radius 2 is 2.00 bits per heavy atom. The van der Waals surface area contributed by atoms with E-state index in [2.05, 4.69) is 28.2 Å². The van der Waals surface area contributed by atoms with Crippen molar-refractivity contribution in [3.05, 3.63) is 34.3 Å². The van der Waals surface area contributed by atoms with Crippen molar-refractivity contribution in [1.82, 2.24) is 15.1 Å². The van der Waals surface area contributed by atoms with Crippen molar-refractivity contribution in [2.24, 2.45) is 0 Å². The Kier molecular flexibility index (Phi) is 7.72. The van der Waals surface area contributed by atoms with E-state index < -0.39 is 0 Å². The van der Waals surface area contributed by atoms with Gasteiger partial charge < -0.3 is 15.1 Å². The molecule has 24 heavy (non-hydrogen) atoms.